The van der Waals surface area contributed by atoms with E-state index in [2.05, 4.69) is 0 Å². The Morgan fingerprint density at radius 2 is 1.40 bits per heavy atom. The number of hydrogen-bond donors (Lipinski definition) is 0. The highest BCUT2D eigenvalue weighted by molar-refractivity contribution is 5.17. The van der Waals surface area contributed by atoms with E-state index in [-0.39, 0.29) is 0 Å². The van der Waals surface area contributed by atoms with Gasteiger partial charge in [0.2, 0.25) is 0 Å². The molecule has 0 aliphatic carbocycles. The van der Waals surface area contributed by atoms with Gasteiger partial charge in [0.05, 0.1) is 0 Å². The summed E-state index contributed by atoms with van der Waals surface area (Å²) >= 11 is 0. The fraction of sp³-hybridized carbons (Fsp3) is 0.750. The molecule has 0 aromatic rings. The first kappa shape index (κ1) is 14.2. The van der Waals surface area contributed by atoms with E-state index in [4.69, 9.17) is 0 Å². The molecule has 0 unspecified atom stereocenters. The van der Waals surface area contributed by atoms with E-state index in [9.17, 15) is 30.7 Å². The van der Waals surface area contributed by atoms with Gasteiger partial charge >= 0.3 is 18.0 Å². The van der Waals surface area contributed by atoms with Crippen LogP contribution in [0.25, 0.3) is 0 Å². The Bertz CT molecular complexity index is 248. The molecule has 7 heteroatoms. The lowest BCUT2D eigenvalue weighted by Crippen LogP contribution is -2.52. The van der Waals surface area contributed by atoms with E-state index >= 15 is 0 Å². The summed E-state index contributed by atoms with van der Waals surface area (Å²) in [6.07, 6.45) is -6.27. The molecular formula is C8H9F7. The standard InChI is InChI=1S/C8H9F7/c1-3-5(4-2)6(9,10)7(11,12)8(13,14)15/h3H,4H2,1-2H3. The van der Waals surface area contributed by atoms with Crippen molar-refractivity contribution in [1.29, 1.82) is 0 Å². The highest BCUT2D eigenvalue weighted by Gasteiger charge is 2.73. The molecule has 0 fully saturated rings. The molecule has 0 rings (SSSR count). The van der Waals surface area contributed by atoms with Crippen molar-refractivity contribution < 1.29 is 30.7 Å². The minimum atomic E-state index is -6.26. The fourth-order valence-electron chi connectivity index (χ4n) is 0.987. The number of halogens is 7. The van der Waals surface area contributed by atoms with Gasteiger partial charge in [0.1, 0.15) is 0 Å². The monoisotopic (exact) mass is 238 g/mol. The van der Waals surface area contributed by atoms with Crippen molar-refractivity contribution in [3.05, 3.63) is 11.6 Å². The highest BCUT2D eigenvalue weighted by Crippen LogP contribution is 2.50. The molecule has 0 aromatic heterocycles. The van der Waals surface area contributed by atoms with E-state index in [0.717, 1.165) is 13.8 Å². The van der Waals surface area contributed by atoms with Gasteiger partial charge in [0, 0.05) is 5.57 Å². The van der Waals surface area contributed by atoms with Crippen LogP contribution in [-0.4, -0.2) is 18.0 Å². The van der Waals surface area contributed by atoms with E-state index in [0.29, 0.717) is 6.08 Å². The van der Waals surface area contributed by atoms with Gasteiger partial charge in [-0.05, 0) is 13.3 Å². The van der Waals surface area contributed by atoms with Crippen molar-refractivity contribution in [2.24, 2.45) is 0 Å². The second-order valence-electron chi connectivity index (χ2n) is 2.81. The lowest BCUT2D eigenvalue weighted by Gasteiger charge is -2.29. The maximum atomic E-state index is 12.8. The summed E-state index contributed by atoms with van der Waals surface area (Å²) in [5.41, 5.74) is -1.23. The van der Waals surface area contributed by atoms with Crippen LogP contribution in [0.4, 0.5) is 30.7 Å². The van der Waals surface area contributed by atoms with Gasteiger partial charge in [-0.15, -0.1) is 0 Å². The van der Waals surface area contributed by atoms with Crippen LogP contribution >= 0.6 is 0 Å². The SMILES string of the molecule is CC=C(CC)C(F)(F)C(F)(F)C(F)(F)F. The Hall–Kier alpha value is -0.750. The predicted octanol–water partition coefficient (Wildman–Crippen LogP) is 4.18. The first-order chi connectivity index (χ1) is 6.52. The zero-order valence-corrected chi connectivity index (χ0v) is 7.93. The van der Waals surface area contributed by atoms with Gasteiger partial charge in [0.25, 0.3) is 0 Å². The van der Waals surface area contributed by atoms with Gasteiger partial charge in [-0.2, -0.15) is 30.7 Å². The first-order valence-corrected chi connectivity index (χ1v) is 4.00. The first-order valence-electron chi connectivity index (χ1n) is 4.00. The van der Waals surface area contributed by atoms with Crippen molar-refractivity contribution in [2.45, 2.75) is 38.3 Å². The molecule has 0 aliphatic heterocycles. The summed E-state index contributed by atoms with van der Waals surface area (Å²) < 4.78 is 85.6. The van der Waals surface area contributed by atoms with Gasteiger partial charge in [0.15, 0.2) is 0 Å². The Labute approximate surface area is 81.8 Å². The Morgan fingerprint density at radius 3 is 1.60 bits per heavy atom. The second kappa shape index (κ2) is 4.02. The summed E-state index contributed by atoms with van der Waals surface area (Å²) in [5.74, 6) is -11.2. The van der Waals surface area contributed by atoms with Crippen molar-refractivity contribution in [1.82, 2.24) is 0 Å². The van der Waals surface area contributed by atoms with Crippen LogP contribution in [0.3, 0.4) is 0 Å². The molecule has 0 N–H and O–H groups in total. The summed E-state index contributed by atoms with van der Waals surface area (Å²) in [5, 5.41) is 0. The van der Waals surface area contributed by atoms with Crippen molar-refractivity contribution in [3.63, 3.8) is 0 Å². The van der Waals surface area contributed by atoms with Gasteiger partial charge in [-0.25, -0.2) is 0 Å². The molecule has 90 valence electrons. The maximum absolute atomic E-state index is 12.8. The largest absolute Gasteiger partial charge is 0.460 e. The van der Waals surface area contributed by atoms with Crippen LogP contribution in [0.15, 0.2) is 11.6 Å². The van der Waals surface area contributed by atoms with Crippen LogP contribution in [-0.2, 0) is 0 Å². The minimum absolute atomic E-state index is 0.569. The van der Waals surface area contributed by atoms with Gasteiger partial charge in [-0.3, -0.25) is 0 Å². The lowest BCUT2D eigenvalue weighted by molar-refractivity contribution is -0.344. The zero-order valence-electron chi connectivity index (χ0n) is 7.93. The number of hydrogen-bond acceptors (Lipinski definition) is 0. The molecule has 0 amide bonds. The normalized spacial score (nSPS) is 15.7. The molecule has 0 aliphatic rings. The quantitative estimate of drug-likeness (QED) is 0.511. The molecular weight excluding hydrogens is 229 g/mol. The maximum Gasteiger partial charge on any atom is 0.460 e. The van der Waals surface area contributed by atoms with Crippen molar-refractivity contribution in [3.8, 4) is 0 Å². The number of alkyl halides is 7. The van der Waals surface area contributed by atoms with Crippen LogP contribution in [0.5, 0.6) is 0 Å². The Kier molecular flexibility index (Phi) is 3.82. The van der Waals surface area contributed by atoms with Crippen molar-refractivity contribution >= 4 is 0 Å². The van der Waals surface area contributed by atoms with Crippen LogP contribution in [0.2, 0.25) is 0 Å². The average molecular weight is 238 g/mol. The zero-order chi connectivity index (χ0) is 12.5. The molecule has 15 heavy (non-hydrogen) atoms. The topological polar surface area (TPSA) is 0 Å². The van der Waals surface area contributed by atoms with E-state index in [1.165, 1.54) is 0 Å². The average Bonchev–Trinajstić information content (AvgIpc) is 2.03. The van der Waals surface area contributed by atoms with E-state index in [1.807, 2.05) is 0 Å². The molecule has 0 radical (unpaired) electrons. The van der Waals surface area contributed by atoms with E-state index < -0.39 is 30.0 Å². The number of rotatable bonds is 3. The molecule has 0 spiro atoms. The Balaban J connectivity index is 5.37. The molecule has 0 nitrogen and oxygen atoms in total. The summed E-state index contributed by atoms with van der Waals surface area (Å²) in [6, 6.07) is 0. The fourth-order valence-corrected chi connectivity index (χ4v) is 0.987. The third kappa shape index (κ3) is 2.26. The second-order valence-corrected chi connectivity index (χ2v) is 2.81. The molecule has 0 atom stereocenters. The predicted molar refractivity (Wildman–Crippen MR) is 40.0 cm³/mol. The summed E-state index contributed by atoms with van der Waals surface area (Å²) in [7, 11) is 0. The number of allylic oxidation sites excluding steroid dienone is 2. The van der Waals surface area contributed by atoms with Gasteiger partial charge < -0.3 is 0 Å². The van der Waals surface area contributed by atoms with Crippen LogP contribution < -0.4 is 0 Å². The molecule has 0 aromatic carbocycles. The van der Waals surface area contributed by atoms with E-state index in [1.54, 1.807) is 0 Å². The summed E-state index contributed by atoms with van der Waals surface area (Å²) in [4.78, 5) is 0. The Morgan fingerprint density at radius 1 is 1.00 bits per heavy atom. The molecule has 0 heterocycles. The molecule has 0 bridgehead atoms. The summed E-state index contributed by atoms with van der Waals surface area (Å²) in [6.45, 7) is 2.06. The van der Waals surface area contributed by atoms with Crippen LogP contribution in [0.1, 0.15) is 20.3 Å². The third-order valence-electron chi connectivity index (χ3n) is 1.88. The molecule has 0 saturated carbocycles. The van der Waals surface area contributed by atoms with Gasteiger partial charge in [-0.1, -0.05) is 13.0 Å². The highest BCUT2D eigenvalue weighted by atomic mass is 19.4. The van der Waals surface area contributed by atoms with Crippen LogP contribution in [0, 0.1) is 0 Å². The van der Waals surface area contributed by atoms with Crippen molar-refractivity contribution in [2.75, 3.05) is 0 Å². The smallest absolute Gasteiger partial charge is 0.194 e. The minimum Gasteiger partial charge on any atom is -0.194 e. The molecule has 0 saturated heterocycles. The third-order valence-corrected chi connectivity index (χ3v) is 1.88. The lowest BCUT2D eigenvalue weighted by atomic mass is 9.99.